The van der Waals surface area contributed by atoms with Gasteiger partial charge in [0, 0.05) is 55.5 Å². The van der Waals surface area contributed by atoms with Gasteiger partial charge in [-0.25, -0.2) is 4.79 Å². The number of para-hydroxylation sites is 1. The zero-order chi connectivity index (χ0) is 36.6. The van der Waals surface area contributed by atoms with Crippen molar-refractivity contribution in [2.24, 2.45) is 0 Å². The number of nitrogens with zero attached hydrogens (tertiary/aromatic N) is 2. The van der Waals surface area contributed by atoms with Crippen LogP contribution in [0.5, 0.6) is 11.5 Å². The largest absolute Gasteiger partial charge is 0.508 e. The molecule has 0 unspecified atom stereocenters. The first-order valence-corrected chi connectivity index (χ1v) is 16.9. The first-order chi connectivity index (χ1) is 24.7. The highest BCUT2D eigenvalue weighted by Crippen LogP contribution is 2.28. The number of benzene rings is 3. The Morgan fingerprint density at radius 2 is 1.63 bits per heavy atom. The van der Waals surface area contributed by atoms with Crippen LogP contribution in [-0.4, -0.2) is 79.8 Å². The van der Waals surface area contributed by atoms with Crippen molar-refractivity contribution in [1.29, 1.82) is 0 Å². The lowest BCUT2D eigenvalue weighted by molar-refractivity contribution is 0.106. The van der Waals surface area contributed by atoms with Gasteiger partial charge in [-0.1, -0.05) is 49.2 Å². The van der Waals surface area contributed by atoms with Gasteiger partial charge >= 0.3 is 5.69 Å². The SMILES string of the molecule is CN(CCOCCCCCCNC[C@H](O)c1ccc(O)c2[nH]c(=O)ccc12)Cc1cccc(-n2ccc(=O)[nH]c2=O)c1.OCc1ccccc1O. The molecule has 0 amide bonds. The number of H-pyrrole nitrogens is 2. The van der Waals surface area contributed by atoms with Crippen molar-refractivity contribution in [3.05, 3.63) is 133 Å². The molecule has 0 spiro atoms. The van der Waals surface area contributed by atoms with E-state index in [1.807, 2.05) is 31.3 Å². The number of hydrogen-bond donors (Lipinski definition) is 7. The fraction of sp³-hybridized carbons (Fsp3) is 0.342. The van der Waals surface area contributed by atoms with Crippen molar-refractivity contribution >= 4 is 10.9 Å². The van der Waals surface area contributed by atoms with Gasteiger partial charge in [-0.2, -0.15) is 0 Å². The lowest BCUT2D eigenvalue weighted by Crippen LogP contribution is -2.27. The van der Waals surface area contributed by atoms with E-state index in [4.69, 9.17) is 14.9 Å². The van der Waals surface area contributed by atoms with Gasteiger partial charge in [-0.15, -0.1) is 0 Å². The third-order valence-corrected chi connectivity index (χ3v) is 8.24. The molecule has 0 aliphatic heterocycles. The highest BCUT2D eigenvalue weighted by Gasteiger charge is 2.13. The van der Waals surface area contributed by atoms with E-state index in [1.54, 1.807) is 36.4 Å². The number of phenolic OH excluding ortho intramolecular Hbond substituents is 1. The summed E-state index contributed by atoms with van der Waals surface area (Å²) in [6.07, 6.45) is 4.82. The van der Waals surface area contributed by atoms with Crippen LogP contribution in [0.15, 0.2) is 99.4 Å². The molecule has 7 N–H and O–H groups in total. The van der Waals surface area contributed by atoms with E-state index in [9.17, 15) is 24.6 Å². The molecule has 0 fully saturated rings. The van der Waals surface area contributed by atoms with Crippen LogP contribution in [0.2, 0.25) is 0 Å². The monoisotopic (exact) mass is 701 g/mol. The Balaban J connectivity index is 0.000000563. The minimum Gasteiger partial charge on any atom is -0.508 e. The van der Waals surface area contributed by atoms with Crippen molar-refractivity contribution in [3.63, 3.8) is 0 Å². The van der Waals surface area contributed by atoms with Gasteiger partial charge in [0.25, 0.3) is 5.56 Å². The van der Waals surface area contributed by atoms with E-state index < -0.39 is 17.4 Å². The van der Waals surface area contributed by atoms with Crippen molar-refractivity contribution in [2.75, 3.05) is 39.9 Å². The number of rotatable bonds is 17. The Morgan fingerprint density at radius 1 is 0.843 bits per heavy atom. The Labute approximate surface area is 295 Å². The van der Waals surface area contributed by atoms with Gasteiger partial charge in [0.2, 0.25) is 5.56 Å². The zero-order valence-corrected chi connectivity index (χ0v) is 28.8. The lowest BCUT2D eigenvalue weighted by atomic mass is 10.0. The molecule has 3 aromatic carbocycles. The summed E-state index contributed by atoms with van der Waals surface area (Å²) in [5.41, 5.74) is 2.14. The fourth-order valence-electron chi connectivity index (χ4n) is 5.49. The molecular weight excluding hydrogens is 654 g/mol. The van der Waals surface area contributed by atoms with Gasteiger partial charge in [0.15, 0.2) is 0 Å². The average molecular weight is 702 g/mol. The van der Waals surface area contributed by atoms with Crippen LogP contribution >= 0.6 is 0 Å². The Morgan fingerprint density at radius 3 is 2.39 bits per heavy atom. The van der Waals surface area contributed by atoms with E-state index in [1.165, 1.54) is 29.0 Å². The summed E-state index contributed by atoms with van der Waals surface area (Å²) in [7, 11) is 2.02. The molecule has 51 heavy (non-hydrogen) atoms. The summed E-state index contributed by atoms with van der Waals surface area (Å²) in [5.74, 6) is 0.133. The number of ether oxygens (including phenoxy) is 1. The number of fused-ring (bicyclic) bond motifs is 1. The second-order valence-corrected chi connectivity index (χ2v) is 12.2. The summed E-state index contributed by atoms with van der Waals surface area (Å²) >= 11 is 0. The van der Waals surface area contributed by atoms with E-state index in [0.29, 0.717) is 54.0 Å². The zero-order valence-electron chi connectivity index (χ0n) is 28.8. The number of hydrogen-bond acceptors (Lipinski definition) is 10. The quantitative estimate of drug-likeness (QED) is 0.0708. The summed E-state index contributed by atoms with van der Waals surface area (Å²) in [5, 5.41) is 42.0. The standard InChI is InChI=1S/C31H39N5O6.C7H8O2/c1-35(21-22-7-6-8-23(19-22)36-15-13-29(40)34-31(36)41)16-18-42-17-5-3-2-4-14-32-20-27(38)24-9-11-26(37)30-25(24)10-12-28(39)33-30;8-5-6-3-1-2-4-7(6)9/h6-13,15,19,27,32,37-38H,2-5,14,16-18,20-21H2,1H3,(H,33,39)(H,34,40,41);1-4,8-9H,5H2/t27-;/m0./s1. The number of aliphatic hydroxyl groups excluding tert-OH is 2. The van der Waals surface area contributed by atoms with Gasteiger partial charge in [-0.3, -0.25) is 24.0 Å². The van der Waals surface area contributed by atoms with E-state index in [-0.39, 0.29) is 23.7 Å². The van der Waals surface area contributed by atoms with Gasteiger partial charge in [-0.05, 0) is 67.9 Å². The van der Waals surface area contributed by atoms with Gasteiger partial charge in [0.05, 0.1) is 30.5 Å². The van der Waals surface area contributed by atoms with E-state index in [2.05, 4.69) is 20.2 Å². The molecule has 0 aliphatic rings. The number of phenols is 2. The molecule has 2 heterocycles. The van der Waals surface area contributed by atoms with Crippen LogP contribution in [0, 0.1) is 0 Å². The van der Waals surface area contributed by atoms with Crippen LogP contribution in [0.3, 0.4) is 0 Å². The summed E-state index contributed by atoms with van der Waals surface area (Å²) in [4.78, 5) is 42.0. The van der Waals surface area contributed by atoms with Crippen LogP contribution < -0.4 is 22.1 Å². The molecule has 5 aromatic rings. The number of aromatic hydroxyl groups is 2. The molecule has 0 radical (unpaired) electrons. The molecule has 5 rings (SSSR count). The molecule has 272 valence electrons. The third kappa shape index (κ3) is 12.1. The van der Waals surface area contributed by atoms with Gasteiger partial charge < -0.3 is 35.5 Å². The maximum absolute atomic E-state index is 12.1. The first kappa shape index (κ1) is 38.7. The average Bonchev–Trinajstić information content (AvgIpc) is 3.11. The Hall–Kier alpha value is -5.05. The second-order valence-electron chi connectivity index (χ2n) is 12.2. The maximum Gasteiger partial charge on any atom is 0.332 e. The van der Waals surface area contributed by atoms with Crippen LogP contribution in [0.25, 0.3) is 16.6 Å². The molecule has 0 bridgehead atoms. The molecule has 2 aromatic heterocycles. The highest BCUT2D eigenvalue weighted by molar-refractivity contribution is 5.87. The van der Waals surface area contributed by atoms with Gasteiger partial charge in [0.1, 0.15) is 11.5 Å². The van der Waals surface area contributed by atoms with Crippen LogP contribution in [0.1, 0.15) is 48.5 Å². The first-order valence-electron chi connectivity index (χ1n) is 16.9. The minimum atomic E-state index is -0.755. The number of likely N-dealkylation sites (N-methyl/N-ethyl adjacent to an activating group) is 1. The molecule has 0 aliphatic carbocycles. The molecule has 0 saturated heterocycles. The summed E-state index contributed by atoms with van der Waals surface area (Å²) < 4.78 is 7.23. The van der Waals surface area contributed by atoms with Crippen molar-refractivity contribution in [2.45, 2.75) is 44.9 Å². The number of aliphatic hydroxyl groups is 2. The number of aromatic nitrogens is 3. The number of pyridine rings is 1. The van der Waals surface area contributed by atoms with Crippen LogP contribution in [-0.2, 0) is 17.9 Å². The highest BCUT2D eigenvalue weighted by atomic mass is 16.5. The summed E-state index contributed by atoms with van der Waals surface area (Å²) in [6.45, 7) is 3.89. The molecule has 0 saturated carbocycles. The fourth-order valence-corrected chi connectivity index (χ4v) is 5.49. The summed E-state index contributed by atoms with van der Waals surface area (Å²) in [6, 6.07) is 21.9. The van der Waals surface area contributed by atoms with E-state index in [0.717, 1.165) is 44.3 Å². The Bertz CT molecular complexity index is 2010. The molecule has 13 heteroatoms. The third-order valence-electron chi connectivity index (χ3n) is 8.24. The maximum atomic E-state index is 12.1. The minimum absolute atomic E-state index is 0.0199. The number of aromatic amines is 2. The number of unbranched alkanes of at least 4 members (excludes halogenated alkanes) is 3. The van der Waals surface area contributed by atoms with Crippen molar-refractivity contribution in [1.82, 2.24) is 24.8 Å². The number of nitrogens with one attached hydrogen (secondary N) is 3. The predicted octanol–water partition coefficient (Wildman–Crippen LogP) is 3.29. The normalized spacial score (nSPS) is 11.8. The predicted molar refractivity (Wildman–Crippen MR) is 196 cm³/mol. The van der Waals surface area contributed by atoms with Crippen molar-refractivity contribution in [3.8, 4) is 17.2 Å². The molecule has 1 atom stereocenters. The molecule has 13 nitrogen and oxygen atoms in total. The van der Waals surface area contributed by atoms with Crippen molar-refractivity contribution < 1.29 is 25.2 Å². The second kappa shape index (κ2) is 20.0. The van der Waals surface area contributed by atoms with Crippen LogP contribution in [0.4, 0.5) is 0 Å². The smallest absolute Gasteiger partial charge is 0.332 e. The van der Waals surface area contributed by atoms with E-state index >= 15 is 0 Å². The topological polar surface area (TPSA) is 193 Å². The Kier molecular flexibility index (Phi) is 15.2. The lowest BCUT2D eigenvalue weighted by Gasteiger charge is -2.17. The molecular formula is C38H47N5O8.